The van der Waals surface area contributed by atoms with Crippen molar-refractivity contribution >= 4 is 34.8 Å². The first-order valence-corrected chi connectivity index (χ1v) is 9.10. The second kappa shape index (κ2) is 7.37. The van der Waals surface area contributed by atoms with Crippen LogP contribution < -0.4 is 15.0 Å². The molecule has 6 heteroatoms. The molecule has 28 heavy (non-hydrogen) atoms. The lowest BCUT2D eigenvalue weighted by Crippen LogP contribution is -2.23. The number of amides is 2. The first kappa shape index (κ1) is 18.1. The molecule has 4 rings (SSSR count). The van der Waals surface area contributed by atoms with Crippen LogP contribution in [0.4, 0.5) is 11.4 Å². The molecule has 0 saturated heterocycles. The number of para-hydroxylation sites is 1. The minimum atomic E-state index is -0.322. The number of fused-ring (bicyclic) bond motifs is 1. The Bertz CT molecular complexity index is 1080. The smallest absolute Gasteiger partial charge is 0.259 e. The molecule has 1 aliphatic heterocycles. The monoisotopic (exact) mass is 392 g/mol. The van der Waals surface area contributed by atoms with E-state index in [0.717, 1.165) is 5.56 Å². The van der Waals surface area contributed by atoms with E-state index in [-0.39, 0.29) is 11.8 Å². The Kier molecular flexibility index (Phi) is 4.75. The lowest BCUT2D eigenvalue weighted by atomic mass is 10.1. The number of anilines is 2. The number of ether oxygens (including phenoxy) is 1. The third-order valence-electron chi connectivity index (χ3n) is 4.69. The Morgan fingerprint density at radius 1 is 1.07 bits per heavy atom. The number of benzene rings is 3. The number of carbonyl (C=O) groups is 2. The van der Waals surface area contributed by atoms with Gasteiger partial charge in [0.15, 0.2) is 0 Å². The molecule has 3 aromatic carbocycles. The summed E-state index contributed by atoms with van der Waals surface area (Å²) in [6, 6.07) is 19.6. The first-order chi connectivity index (χ1) is 13.6. The SMILES string of the molecule is COc1ccccc1C(=O)Nc1ccc(N2Cc3ccccc3C2=O)cc1Cl. The first-order valence-electron chi connectivity index (χ1n) is 8.72. The number of methoxy groups -OCH3 is 1. The zero-order valence-corrected chi connectivity index (χ0v) is 15.9. The zero-order valence-electron chi connectivity index (χ0n) is 15.1. The van der Waals surface area contributed by atoms with Gasteiger partial charge in [0.2, 0.25) is 0 Å². The largest absolute Gasteiger partial charge is 0.496 e. The summed E-state index contributed by atoms with van der Waals surface area (Å²) in [6.07, 6.45) is 0. The number of carbonyl (C=O) groups excluding carboxylic acids is 2. The molecule has 0 aromatic heterocycles. The van der Waals surface area contributed by atoms with Crippen LogP contribution in [0.15, 0.2) is 66.7 Å². The van der Waals surface area contributed by atoms with Gasteiger partial charge < -0.3 is 15.0 Å². The van der Waals surface area contributed by atoms with Crippen LogP contribution in [0, 0.1) is 0 Å². The molecule has 0 atom stereocenters. The van der Waals surface area contributed by atoms with Gasteiger partial charge in [-0.2, -0.15) is 0 Å². The van der Waals surface area contributed by atoms with Gasteiger partial charge in [-0.25, -0.2) is 0 Å². The summed E-state index contributed by atoms with van der Waals surface area (Å²) >= 11 is 6.39. The van der Waals surface area contributed by atoms with Crippen LogP contribution in [0.3, 0.4) is 0 Å². The standard InChI is InChI=1S/C22H17ClN2O3/c1-28-20-9-5-4-8-17(20)21(26)24-19-11-10-15(12-18(19)23)25-13-14-6-2-3-7-16(14)22(25)27/h2-12H,13H2,1H3,(H,24,26). The highest BCUT2D eigenvalue weighted by atomic mass is 35.5. The number of nitrogens with zero attached hydrogens (tertiary/aromatic N) is 1. The van der Waals surface area contributed by atoms with Crippen LogP contribution in [0.25, 0.3) is 0 Å². The third kappa shape index (κ3) is 3.21. The van der Waals surface area contributed by atoms with E-state index in [2.05, 4.69) is 5.32 Å². The Morgan fingerprint density at radius 2 is 1.82 bits per heavy atom. The van der Waals surface area contributed by atoms with Crippen molar-refractivity contribution < 1.29 is 14.3 Å². The van der Waals surface area contributed by atoms with Crippen molar-refractivity contribution in [1.82, 2.24) is 0 Å². The molecule has 5 nitrogen and oxygen atoms in total. The van der Waals surface area contributed by atoms with Gasteiger partial charge in [-0.1, -0.05) is 41.9 Å². The van der Waals surface area contributed by atoms with Gasteiger partial charge in [-0.05, 0) is 42.0 Å². The second-order valence-electron chi connectivity index (χ2n) is 6.37. The summed E-state index contributed by atoms with van der Waals surface area (Å²) in [5, 5.41) is 3.14. The van der Waals surface area contributed by atoms with Crippen molar-refractivity contribution in [2.75, 3.05) is 17.3 Å². The van der Waals surface area contributed by atoms with Crippen LogP contribution in [-0.4, -0.2) is 18.9 Å². The molecule has 0 fully saturated rings. The van der Waals surface area contributed by atoms with Gasteiger partial charge in [0.25, 0.3) is 11.8 Å². The van der Waals surface area contributed by atoms with Crippen molar-refractivity contribution in [3.8, 4) is 5.75 Å². The predicted octanol–water partition coefficient (Wildman–Crippen LogP) is 4.76. The number of hydrogen-bond acceptors (Lipinski definition) is 3. The average Bonchev–Trinajstić information content (AvgIpc) is 3.06. The molecule has 0 bridgehead atoms. The van der Waals surface area contributed by atoms with Gasteiger partial charge in [0.1, 0.15) is 5.75 Å². The van der Waals surface area contributed by atoms with Gasteiger partial charge in [-0.3, -0.25) is 9.59 Å². The van der Waals surface area contributed by atoms with E-state index in [4.69, 9.17) is 16.3 Å². The fourth-order valence-electron chi connectivity index (χ4n) is 3.26. The van der Waals surface area contributed by atoms with Gasteiger partial charge >= 0.3 is 0 Å². The fraction of sp³-hybridized carbons (Fsp3) is 0.0909. The Balaban J connectivity index is 1.56. The molecule has 0 spiro atoms. The fourth-order valence-corrected chi connectivity index (χ4v) is 3.48. The normalized spacial score (nSPS) is 12.6. The quantitative estimate of drug-likeness (QED) is 0.696. The molecular formula is C22H17ClN2O3. The van der Waals surface area contributed by atoms with E-state index in [0.29, 0.717) is 39.8 Å². The van der Waals surface area contributed by atoms with Gasteiger partial charge in [-0.15, -0.1) is 0 Å². The lowest BCUT2D eigenvalue weighted by molar-refractivity contribution is 0.0994. The van der Waals surface area contributed by atoms with E-state index in [1.54, 1.807) is 47.4 Å². The Morgan fingerprint density at radius 3 is 2.57 bits per heavy atom. The molecule has 1 aliphatic rings. The highest BCUT2D eigenvalue weighted by Crippen LogP contribution is 2.33. The number of halogens is 1. The van der Waals surface area contributed by atoms with Crippen LogP contribution in [0.2, 0.25) is 5.02 Å². The summed E-state index contributed by atoms with van der Waals surface area (Å²) in [4.78, 5) is 26.9. The second-order valence-corrected chi connectivity index (χ2v) is 6.77. The van der Waals surface area contributed by atoms with Gasteiger partial charge in [0, 0.05) is 11.3 Å². The van der Waals surface area contributed by atoms with Crippen molar-refractivity contribution in [1.29, 1.82) is 0 Å². The molecule has 0 saturated carbocycles. The van der Waals surface area contributed by atoms with Crippen LogP contribution in [0.5, 0.6) is 5.75 Å². The zero-order chi connectivity index (χ0) is 19.7. The molecule has 3 aromatic rings. The van der Waals surface area contributed by atoms with Crippen LogP contribution in [0.1, 0.15) is 26.3 Å². The molecular weight excluding hydrogens is 376 g/mol. The maximum absolute atomic E-state index is 12.6. The Labute approximate surface area is 167 Å². The maximum atomic E-state index is 12.6. The number of rotatable bonds is 4. The summed E-state index contributed by atoms with van der Waals surface area (Å²) in [5.41, 5.74) is 3.24. The van der Waals surface area contributed by atoms with Crippen molar-refractivity contribution in [2.24, 2.45) is 0 Å². The number of nitrogens with one attached hydrogen (secondary N) is 1. The summed E-state index contributed by atoms with van der Waals surface area (Å²) in [7, 11) is 1.51. The molecule has 0 aliphatic carbocycles. The molecule has 1 N–H and O–H groups in total. The van der Waals surface area contributed by atoms with E-state index in [1.165, 1.54) is 7.11 Å². The molecule has 140 valence electrons. The summed E-state index contributed by atoms with van der Waals surface area (Å²) in [5.74, 6) is 0.0994. The van der Waals surface area contributed by atoms with E-state index in [9.17, 15) is 9.59 Å². The topological polar surface area (TPSA) is 58.6 Å². The summed E-state index contributed by atoms with van der Waals surface area (Å²) in [6.45, 7) is 0.498. The molecule has 0 unspecified atom stereocenters. The average molecular weight is 393 g/mol. The van der Waals surface area contributed by atoms with Crippen LogP contribution in [-0.2, 0) is 6.54 Å². The van der Waals surface area contributed by atoms with E-state index < -0.39 is 0 Å². The van der Waals surface area contributed by atoms with E-state index in [1.807, 2.05) is 24.3 Å². The molecule has 0 radical (unpaired) electrons. The van der Waals surface area contributed by atoms with Crippen molar-refractivity contribution in [3.63, 3.8) is 0 Å². The van der Waals surface area contributed by atoms with Crippen molar-refractivity contribution in [3.05, 3.63) is 88.4 Å². The minimum absolute atomic E-state index is 0.0579. The Hall–Kier alpha value is -3.31. The number of hydrogen-bond donors (Lipinski definition) is 1. The third-order valence-corrected chi connectivity index (χ3v) is 5.00. The minimum Gasteiger partial charge on any atom is -0.496 e. The lowest BCUT2D eigenvalue weighted by Gasteiger charge is -2.17. The van der Waals surface area contributed by atoms with Crippen LogP contribution >= 0.6 is 11.6 Å². The summed E-state index contributed by atoms with van der Waals surface area (Å²) < 4.78 is 5.23. The highest BCUT2D eigenvalue weighted by molar-refractivity contribution is 6.34. The maximum Gasteiger partial charge on any atom is 0.259 e. The highest BCUT2D eigenvalue weighted by Gasteiger charge is 2.28. The van der Waals surface area contributed by atoms with Gasteiger partial charge in [0.05, 0.1) is 29.9 Å². The predicted molar refractivity (Wildman–Crippen MR) is 109 cm³/mol. The molecule has 2 amide bonds. The van der Waals surface area contributed by atoms with Crippen molar-refractivity contribution in [2.45, 2.75) is 6.54 Å². The molecule has 1 heterocycles. The van der Waals surface area contributed by atoms with E-state index >= 15 is 0 Å².